The molecular weight excluding hydrogens is 397 g/mol. The number of sulfone groups is 1. The van der Waals surface area contributed by atoms with Crippen molar-refractivity contribution in [3.8, 4) is 0 Å². The number of piperidine rings is 1. The summed E-state index contributed by atoms with van der Waals surface area (Å²) in [6.45, 7) is 2.93. The van der Waals surface area contributed by atoms with Crippen molar-refractivity contribution in [3.63, 3.8) is 0 Å². The molecule has 0 bridgehead atoms. The van der Waals surface area contributed by atoms with Gasteiger partial charge in [-0.05, 0) is 81.1 Å². The van der Waals surface area contributed by atoms with Crippen LogP contribution in [-0.2, 0) is 9.84 Å². The first-order valence-corrected chi connectivity index (χ1v) is 11.9. The molecule has 1 unspecified atom stereocenters. The number of nitrogens with zero attached hydrogens (tertiary/aromatic N) is 1. The Hall–Kier alpha value is -1.43. The van der Waals surface area contributed by atoms with Gasteiger partial charge in [0.05, 0.1) is 16.0 Å². The maximum Gasteiger partial charge on any atom is 0.178 e. The fraction of sp³-hybridized carbons (Fsp3) is 0.455. The highest BCUT2D eigenvalue weighted by molar-refractivity contribution is 7.91. The van der Waals surface area contributed by atoms with Crippen LogP contribution in [0.1, 0.15) is 36.6 Å². The van der Waals surface area contributed by atoms with Crippen molar-refractivity contribution >= 4 is 21.4 Å². The third-order valence-electron chi connectivity index (χ3n) is 5.53. The first-order valence-electron chi connectivity index (χ1n) is 9.84. The average Bonchev–Trinajstić information content (AvgIpc) is 2.72. The lowest BCUT2D eigenvalue weighted by molar-refractivity contribution is 0.180. The molecule has 1 saturated heterocycles. The molecule has 1 aliphatic heterocycles. The number of benzene rings is 2. The Labute approximate surface area is 172 Å². The predicted molar refractivity (Wildman–Crippen MR) is 112 cm³/mol. The molecule has 1 aliphatic rings. The van der Waals surface area contributed by atoms with Crippen LogP contribution in [0.5, 0.6) is 0 Å². The highest BCUT2D eigenvalue weighted by atomic mass is 35.5. The normalized spacial score (nSPS) is 17.5. The first kappa shape index (κ1) is 21.3. The van der Waals surface area contributed by atoms with E-state index in [4.69, 9.17) is 11.6 Å². The number of rotatable bonds is 8. The molecule has 0 saturated carbocycles. The zero-order valence-electron chi connectivity index (χ0n) is 15.9. The molecule has 0 spiro atoms. The van der Waals surface area contributed by atoms with Crippen LogP contribution in [0, 0.1) is 11.7 Å². The van der Waals surface area contributed by atoms with E-state index in [1.54, 1.807) is 0 Å². The second-order valence-corrected chi connectivity index (χ2v) is 10.1. The molecule has 3 nitrogen and oxygen atoms in total. The largest absolute Gasteiger partial charge is 0.303 e. The topological polar surface area (TPSA) is 37.4 Å². The lowest BCUT2D eigenvalue weighted by Gasteiger charge is -2.32. The van der Waals surface area contributed by atoms with Crippen LogP contribution in [0.2, 0.25) is 0 Å². The van der Waals surface area contributed by atoms with Gasteiger partial charge in [-0.3, -0.25) is 0 Å². The van der Waals surface area contributed by atoms with Crippen LogP contribution in [0.15, 0.2) is 59.5 Å². The van der Waals surface area contributed by atoms with Gasteiger partial charge in [-0.15, -0.1) is 11.6 Å². The summed E-state index contributed by atoms with van der Waals surface area (Å²) in [6.07, 6.45) is 3.60. The van der Waals surface area contributed by atoms with Gasteiger partial charge in [0.1, 0.15) is 5.82 Å². The van der Waals surface area contributed by atoms with Gasteiger partial charge in [0.25, 0.3) is 0 Å². The molecule has 1 heterocycles. The van der Waals surface area contributed by atoms with Crippen molar-refractivity contribution in [1.29, 1.82) is 0 Å². The van der Waals surface area contributed by atoms with Crippen LogP contribution >= 0.6 is 11.6 Å². The Morgan fingerprint density at radius 3 is 2.32 bits per heavy atom. The Balaban J connectivity index is 1.40. The van der Waals surface area contributed by atoms with Gasteiger partial charge in [-0.25, -0.2) is 12.8 Å². The highest BCUT2D eigenvalue weighted by Crippen LogP contribution is 2.27. The smallest absolute Gasteiger partial charge is 0.178 e. The summed E-state index contributed by atoms with van der Waals surface area (Å²) in [5.41, 5.74) is 1.16. The molecule has 0 amide bonds. The third kappa shape index (κ3) is 6.03. The number of alkyl halides is 1. The second kappa shape index (κ2) is 9.86. The zero-order chi connectivity index (χ0) is 20.0. The SMILES string of the molecule is O=S(=O)(CCC1CCN(CCC(Cl)c2ccccc2)CC1)c1ccc(F)cc1. The minimum absolute atomic E-state index is 0.0276. The van der Waals surface area contributed by atoms with Gasteiger partial charge in [0.15, 0.2) is 9.84 Å². The summed E-state index contributed by atoms with van der Waals surface area (Å²) in [7, 11) is -3.34. The van der Waals surface area contributed by atoms with Crippen molar-refractivity contribution in [3.05, 3.63) is 66.0 Å². The predicted octanol–water partition coefficient (Wildman–Crippen LogP) is 5.07. The average molecular weight is 424 g/mol. The lowest BCUT2D eigenvalue weighted by atomic mass is 9.94. The summed E-state index contributed by atoms with van der Waals surface area (Å²) < 4.78 is 37.8. The molecule has 0 aliphatic carbocycles. The molecule has 6 heteroatoms. The standard InChI is InChI=1S/C22H27ClFNO2S/c23-22(19-4-2-1-3-5-19)12-16-25-14-10-18(11-15-25)13-17-28(26,27)21-8-6-20(24)7-9-21/h1-9,18,22H,10-17H2. The van der Waals surface area contributed by atoms with Crippen molar-refractivity contribution in [2.75, 3.05) is 25.4 Å². The van der Waals surface area contributed by atoms with Crippen LogP contribution in [0.25, 0.3) is 0 Å². The summed E-state index contributed by atoms with van der Waals surface area (Å²) in [6, 6.07) is 15.2. The van der Waals surface area contributed by atoms with E-state index in [-0.39, 0.29) is 16.0 Å². The van der Waals surface area contributed by atoms with E-state index in [0.717, 1.165) is 44.5 Å². The van der Waals surface area contributed by atoms with Crippen molar-refractivity contribution < 1.29 is 12.8 Å². The molecule has 152 valence electrons. The molecular formula is C22H27ClFNO2S. The van der Waals surface area contributed by atoms with Gasteiger partial charge in [-0.1, -0.05) is 30.3 Å². The quantitative estimate of drug-likeness (QED) is 0.439. The van der Waals surface area contributed by atoms with E-state index in [9.17, 15) is 12.8 Å². The van der Waals surface area contributed by atoms with E-state index in [1.807, 2.05) is 18.2 Å². The Kier molecular flexibility index (Phi) is 7.49. The van der Waals surface area contributed by atoms with E-state index < -0.39 is 15.7 Å². The number of hydrogen-bond donors (Lipinski definition) is 0. The van der Waals surface area contributed by atoms with Gasteiger partial charge in [-0.2, -0.15) is 0 Å². The maximum atomic E-state index is 13.0. The van der Waals surface area contributed by atoms with Crippen molar-refractivity contribution in [1.82, 2.24) is 4.90 Å². The van der Waals surface area contributed by atoms with Gasteiger partial charge in [0, 0.05) is 0 Å². The molecule has 1 fully saturated rings. The van der Waals surface area contributed by atoms with E-state index in [1.165, 1.54) is 24.3 Å². The van der Waals surface area contributed by atoms with E-state index in [0.29, 0.717) is 12.3 Å². The zero-order valence-corrected chi connectivity index (χ0v) is 17.5. The van der Waals surface area contributed by atoms with Crippen LogP contribution < -0.4 is 0 Å². The highest BCUT2D eigenvalue weighted by Gasteiger charge is 2.23. The van der Waals surface area contributed by atoms with Crippen LogP contribution in [0.3, 0.4) is 0 Å². The Morgan fingerprint density at radius 1 is 1.04 bits per heavy atom. The number of halogens is 2. The minimum atomic E-state index is -3.34. The van der Waals surface area contributed by atoms with E-state index in [2.05, 4.69) is 17.0 Å². The maximum absolute atomic E-state index is 13.0. The minimum Gasteiger partial charge on any atom is -0.303 e. The third-order valence-corrected chi connectivity index (χ3v) is 7.77. The fourth-order valence-electron chi connectivity index (χ4n) is 3.70. The van der Waals surface area contributed by atoms with E-state index >= 15 is 0 Å². The Morgan fingerprint density at radius 2 is 1.68 bits per heavy atom. The van der Waals surface area contributed by atoms with Crippen molar-refractivity contribution in [2.24, 2.45) is 5.92 Å². The van der Waals surface area contributed by atoms with Gasteiger partial charge >= 0.3 is 0 Å². The summed E-state index contributed by atoms with van der Waals surface area (Å²) in [4.78, 5) is 2.63. The summed E-state index contributed by atoms with van der Waals surface area (Å²) in [5, 5.41) is 0.0276. The lowest BCUT2D eigenvalue weighted by Crippen LogP contribution is -2.35. The van der Waals surface area contributed by atoms with Crippen LogP contribution in [0.4, 0.5) is 4.39 Å². The molecule has 2 aromatic carbocycles. The summed E-state index contributed by atoms with van der Waals surface area (Å²) in [5.74, 6) is 0.131. The molecule has 3 rings (SSSR count). The van der Waals surface area contributed by atoms with Gasteiger partial charge < -0.3 is 4.90 Å². The number of hydrogen-bond acceptors (Lipinski definition) is 3. The molecule has 28 heavy (non-hydrogen) atoms. The molecule has 0 aromatic heterocycles. The fourth-order valence-corrected chi connectivity index (χ4v) is 5.38. The second-order valence-electron chi connectivity index (χ2n) is 7.51. The molecule has 0 radical (unpaired) electrons. The van der Waals surface area contributed by atoms with Crippen LogP contribution in [-0.4, -0.2) is 38.7 Å². The summed E-state index contributed by atoms with van der Waals surface area (Å²) >= 11 is 6.51. The molecule has 1 atom stereocenters. The number of likely N-dealkylation sites (tertiary alicyclic amines) is 1. The van der Waals surface area contributed by atoms with Crippen molar-refractivity contribution in [2.45, 2.75) is 36.0 Å². The Bertz CT molecular complexity index is 835. The van der Waals surface area contributed by atoms with Gasteiger partial charge in [0.2, 0.25) is 0 Å². The monoisotopic (exact) mass is 423 g/mol. The first-order chi connectivity index (χ1) is 13.4. The molecule has 0 N–H and O–H groups in total. The molecule has 2 aromatic rings.